The van der Waals surface area contributed by atoms with Gasteiger partial charge in [0.1, 0.15) is 6.04 Å². The number of hydroxylamine groups is 1. The van der Waals surface area contributed by atoms with E-state index in [2.05, 4.69) is 34.1 Å². The summed E-state index contributed by atoms with van der Waals surface area (Å²) in [5.41, 5.74) is 5.15. The van der Waals surface area contributed by atoms with Gasteiger partial charge < -0.3 is 4.74 Å². The lowest BCUT2D eigenvalue weighted by atomic mass is 10.0. The minimum Gasteiger partial charge on any atom is -0.379 e. The molecule has 1 aliphatic rings. The highest BCUT2D eigenvalue weighted by Crippen LogP contribution is 2.24. The summed E-state index contributed by atoms with van der Waals surface area (Å²) < 4.78 is 6.68. The minimum atomic E-state index is -0.844. The molecule has 3 aromatic rings. The largest absolute Gasteiger partial charge is 0.379 e. The highest BCUT2D eigenvalue weighted by Gasteiger charge is 2.25. The van der Waals surface area contributed by atoms with E-state index in [9.17, 15) is 9.59 Å². The molecule has 0 bridgehead atoms. The number of nitrogens with zero attached hydrogens (tertiary/aromatic N) is 3. The molecule has 1 saturated heterocycles. The zero-order valence-electron chi connectivity index (χ0n) is 18.3. The number of hydrogen-bond donors (Lipinski definition) is 2. The number of ether oxygens (including phenoxy) is 1. The summed E-state index contributed by atoms with van der Waals surface area (Å²) in [6.07, 6.45) is 1.37. The van der Waals surface area contributed by atoms with Gasteiger partial charge in [-0.1, -0.05) is 44.2 Å². The molecule has 0 aliphatic carbocycles. The van der Waals surface area contributed by atoms with E-state index in [1.165, 1.54) is 16.5 Å². The van der Waals surface area contributed by atoms with Crippen molar-refractivity contribution in [2.24, 2.45) is 5.92 Å². The zero-order valence-corrected chi connectivity index (χ0v) is 18.3. The number of hydrogen-bond acceptors (Lipinski definition) is 6. The van der Waals surface area contributed by atoms with Crippen molar-refractivity contribution in [1.82, 2.24) is 19.9 Å². The lowest BCUT2D eigenvalue weighted by molar-refractivity contribution is -0.134. The fraction of sp³-hybridized carbons (Fsp3) is 0.375. The Bertz CT molecular complexity index is 1150. The summed E-state index contributed by atoms with van der Waals surface area (Å²) in [6.45, 7) is 7.99. The van der Waals surface area contributed by atoms with Crippen LogP contribution in [0.2, 0.25) is 0 Å². The maximum Gasteiger partial charge on any atom is 0.266 e. The first-order valence-corrected chi connectivity index (χ1v) is 10.8. The third kappa shape index (κ3) is 4.57. The first kappa shape index (κ1) is 22.1. The predicted molar refractivity (Wildman–Crippen MR) is 121 cm³/mol. The van der Waals surface area contributed by atoms with Crippen LogP contribution < -0.4 is 11.0 Å². The van der Waals surface area contributed by atoms with E-state index in [4.69, 9.17) is 9.94 Å². The van der Waals surface area contributed by atoms with E-state index in [0.29, 0.717) is 10.9 Å². The normalized spacial score (nSPS) is 15.8. The summed E-state index contributed by atoms with van der Waals surface area (Å²) in [7, 11) is 0. The Kier molecular flexibility index (Phi) is 6.64. The van der Waals surface area contributed by atoms with E-state index < -0.39 is 11.9 Å². The summed E-state index contributed by atoms with van der Waals surface area (Å²) in [4.78, 5) is 31.9. The van der Waals surface area contributed by atoms with Gasteiger partial charge in [0.2, 0.25) is 0 Å². The van der Waals surface area contributed by atoms with Crippen molar-refractivity contribution in [3.63, 3.8) is 0 Å². The van der Waals surface area contributed by atoms with Gasteiger partial charge in [0.15, 0.2) is 0 Å². The SMILES string of the molecule is CC(C)C(C(=O)NO)n1cnc2cc(-c3ccc(CN4CCOCC4)cc3)ccc2c1=O. The van der Waals surface area contributed by atoms with Crippen molar-refractivity contribution in [2.45, 2.75) is 26.4 Å². The van der Waals surface area contributed by atoms with Crippen molar-refractivity contribution < 1.29 is 14.7 Å². The van der Waals surface area contributed by atoms with Crippen molar-refractivity contribution >= 4 is 16.8 Å². The lowest BCUT2D eigenvalue weighted by Gasteiger charge is -2.26. The molecule has 4 rings (SSSR count). The first-order valence-electron chi connectivity index (χ1n) is 10.8. The van der Waals surface area contributed by atoms with Gasteiger partial charge >= 0.3 is 0 Å². The molecule has 1 aromatic heterocycles. The summed E-state index contributed by atoms with van der Waals surface area (Å²) in [5, 5.41) is 9.48. The Morgan fingerprint density at radius 3 is 2.47 bits per heavy atom. The predicted octanol–water partition coefficient (Wildman–Crippen LogP) is 2.60. The van der Waals surface area contributed by atoms with E-state index in [-0.39, 0.29) is 11.5 Å². The second-order valence-corrected chi connectivity index (χ2v) is 8.44. The molecular formula is C24H28N4O4. The van der Waals surface area contributed by atoms with Crippen LogP contribution in [0.5, 0.6) is 0 Å². The molecule has 8 heteroatoms. The number of aromatic nitrogens is 2. The van der Waals surface area contributed by atoms with Gasteiger partial charge in [0, 0.05) is 19.6 Å². The molecule has 1 atom stereocenters. The molecule has 2 aromatic carbocycles. The van der Waals surface area contributed by atoms with E-state index in [1.807, 2.05) is 26.0 Å². The van der Waals surface area contributed by atoms with E-state index in [0.717, 1.165) is 44.0 Å². The second-order valence-electron chi connectivity index (χ2n) is 8.44. The molecule has 168 valence electrons. The third-order valence-corrected chi connectivity index (χ3v) is 5.89. The molecular weight excluding hydrogens is 408 g/mol. The molecule has 1 fully saturated rings. The lowest BCUT2D eigenvalue weighted by Crippen LogP contribution is -2.38. The second kappa shape index (κ2) is 9.60. The van der Waals surface area contributed by atoms with E-state index in [1.54, 1.807) is 11.5 Å². The molecule has 32 heavy (non-hydrogen) atoms. The zero-order chi connectivity index (χ0) is 22.7. The van der Waals surface area contributed by atoms with Gasteiger partial charge in [0.05, 0.1) is 30.4 Å². The van der Waals surface area contributed by atoms with Gasteiger partial charge in [-0.3, -0.25) is 24.3 Å². The third-order valence-electron chi connectivity index (χ3n) is 5.89. The smallest absolute Gasteiger partial charge is 0.266 e. The van der Waals surface area contributed by atoms with Gasteiger partial charge in [-0.05, 0) is 34.7 Å². The van der Waals surface area contributed by atoms with Gasteiger partial charge in [0.25, 0.3) is 11.5 Å². The van der Waals surface area contributed by atoms with Crippen LogP contribution in [-0.4, -0.2) is 51.9 Å². The number of amides is 1. The molecule has 0 spiro atoms. The molecule has 1 aliphatic heterocycles. The highest BCUT2D eigenvalue weighted by molar-refractivity contribution is 5.84. The van der Waals surface area contributed by atoms with Gasteiger partial charge in [-0.2, -0.15) is 0 Å². The van der Waals surface area contributed by atoms with Gasteiger partial charge in [-0.15, -0.1) is 0 Å². The number of rotatable bonds is 6. The number of carbonyl (C=O) groups is 1. The van der Waals surface area contributed by atoms with Crippen molar-refractivity contribution in [2.75, 3.05) is 26.3 Å². The molecule has 2 heterocycles. The fourth-order valence-electron chi connectivity index (χ4n) is 4.15. The van der Waals surface area contributed by atoms with Crippen LogP contribution in [0.25, 0.3) is 22.0 Å². The van der Waals surface area contributed by atoms with Crippen LogP contribution in [0, 0.1) is 5.92 Å². The van der Waals surface area contributed by atoms with Crippen LogP contribution in [0.1, 0.15) is 25.5 Å². The molecule has 1 unspecified atom stereocenters. The molecule has 2 N–H and O–H groups in total. The van der Waals surface area contributed by atoms with Crippen LogP contribution in [0.15, 0.2) is 53.6 Å². The summed E-state index contributed by atoms with van der Waals surface area (Å²) in [6, 6.07) is 13.1. The Morgan fingerprint density at radius 2 is 1.81 bits per heavy atom. The Balaban J connectivity index is 1.60. The standard InChI is InChI=1S/C24H28N4O4/c1-16(2)22(23(29)26-31)28-15-25-21-13-19(7-8-20(21)24(28)30)18-5-3-17(4-6-18)14-27-9-11-32-12-10-27/h3-8,13,15-16,22,31H,9-12,14H2,1-2H3,(H,26,29). The van der Waals surface area contributed by atoms with Crippen LogP contribution in [0.3, 0.4) is 0 Å². The quantitative estimate of drug-likeness (QED) is 0.456. The van der Waals surface area contributed by atoms with Crippen molar-refractivity contribution in [3.05, 3.63) is 64.7 Å². The first-order chi connectivity index (χ1) is 15.5. The number of nitrogens with one attached hydrogen (secondary N) is 1. The molecule has 8 nitrogen and oxygen atoms in total. The topological polar surface area (TPSA) is 96.7 Å². The maximum absolute atomic E-state index is 13.0. The average Bonchev–Trinajstić information content (AvgIpc) is 2.81. The Morgan fingerprint density at radius 1 is 1.12 bits per heavy atom. The van der Waals surface area contributed by atoms with E-state index >= 15 is 0 Å². The number of carbonyl (C=O) groups excluding carboxylic acids is 1. The van der Waals surface area contributed by atoms with Gasteiger partial charge in [-0.25, -0.2) is 10.5 Å². The van der Waals surface area contributed by atoms with Crippen molar-refractivity contribution in [3.8, 4) is 11.1 Å². The maximum atomic E-state index is 13.0. The number of fused-ring (bicyclic) bond motifs is 1. The monoisotopic (exact) mass is 436 g/mol. The molecule has 1 amide bonds. The number of morpholine rings is 1. The van der Waals surface area contributed by atoms with Crippen molar-refractivity contribution in [1.29, 1.82) is 0 Å². The fourth-order valence-corrected chi connectivity index (χ4v) is 4.15. The Labute approximate surface area is 186 Å². The average molecular weight is 437 g/mol. The number of benzene rings is 2. The Hall–Kier alpha value is -3.07. The highest BCUT2D eigenvalue weighted by atomic mass is 16.5. The summed E-state index contributed by atoms with van der Waals surface area (Å²) >= 11 is 0. The van der Waals surface area contributed by atoms with Crippen LogP contribution in [-0.2, 0) is 16.1 Å². The molecule has 0 radical (unpaired) electrons. The minimum absolute atomic E-state index is 0.200. The summed E-state index contributed by atoms with van der Waals surface area (Å²) in [5.74, 6) is -0.841. The van der Waals surface area contributed by atoms with Crippen LogP contribution >= 0.6 is 0 Å². The molecule has 0 saturated carbocycles. The van der Waals surface area contributed by atoms with Crippen LogP contribution in [0.4, 0.5) is 0 Å².